The molecule has 2 N–H and O–H groups in total. The van der Waals surface area contributed by atoms with Crippen molar-refractivity contribution in [3.05, 3.63) is 41.6 Å². The number of amides is 1. The topological polar surface area (TPSA) is 77.2 Å². The molecule has 7 heteroatoms. The summed E-state index contributed by atoms with van der Waals surface area (Å²) in [5.74, 6) is 1.69. The third-order valence-electron chi connectivity index (χ3n) is 6.66. The van der Waals surface area contributed by atoms with Crippen LogP contribution in [0, 0.1) is 19.8 Å². The van der Waals surface area contributed by atoms with Crippen LogP contribution in [0.25, 0.3) is 22.2 Å². The summed E-state index contributed by atoms with van der Waals surface area (Å²) < 4.78 is 0. The first kappa shape index (κ1) is 25.7. The van der Waals surface area contributed by atoms with E-state index in [1.165, 1.54) is 11.1 Å². The van der Waals surface area contributed by atoms with Crippen molar-refractivity contribution in [1.29, 1.82) is 0 Å². The Labute approximate surface area is 203 Å². The van der Waals surface area contributed by atoms with Gasteiger partial charge in [0.2, 0.25) is 5.91 Å². The summed E-state index contributed by atoms with van der Waals surface area (Å²) in [6.45, 7) is 7.60. The number of likely N-dealkylation sites (N-methyl/N-ethyl adjacent to an activating group) is 1. The summed E-state index contributed by atoms with van der Waals surface area (Å²) in [6, 6.07) is 10.8. The molecule has 1 amide bonds. The van der Waals surface area contributed by atoms with Gasteiger partial charge in [-0.25, -0.2) is 0 Å². The van der Waals surface area contributed by atoms with Gasteiger partial charge in [0.1, 0.15) is 0 Å². The van der Waals surface area contributed by atoms with Gasteiger partial charge < -0.3 is 20.1 Å². The van der Waals surface area contributed by atoms with E-state index in [-0.39, 0.29) is 13.3 Å². The van der Waals surface area contributed by atoms with E-state index in [9.17, 15) is 4.79 Å². The second kappa shape index (κ2) is 11.5. The van der Waals surface area contributed by atoms with E-state index in [2.05, 4.69) is 67.6 Å². The lowest BCUT2D eigenvalue weighted by Crippen LogP contribution is -2.35. The number of aromatic amines is 1. The summed E-state index contributed by atoms with van der Waals surface area (Å²) in [4.78, 5) is 20.1. The minimum atomic E-state index is 0. The van der Waals surface area contributed by atoms with E-state index in [1.807, 2.05) is 21.0 Å². The Hall–Kier alpha value is -2.93. The first-order valence-electron chi connectivity index (χ1n) is 12.0. The number of aryl methyl sites for hydroxylation is 2. The van der Waals surface area contributed by atoms with Crippen LogP contribution in [0.1, 0.15) is 44.4 Å². The van der Waals surface area contributed by atoms with Crippen molar-refractivity contribution >= 4 is 22.6 Å². The number of rotatable bonds is 8. The van der Waals surface area contributed by atoms with Crippen LogP contribution in [0.4, 0.5) is 5.82 Å². The Morgan fingerprint density at radius 2 is 1.85 bits per heavy atom. The molecule has 1 aliphatic heterocycles. The minimum Gasteiger partial charge on any atom is -0.355 e. The second-order valence-electron chi connectivity index (χ2n) is 9.57. The number of benzene rings is 1. The van der Waals surface area contributed by atoms with Gasteiger partial charge in [0, 0.05) is 43.7 Å². The van der Waals surface area contributed by atoms with Gasteiger partial charge in [0.15, 0.2) is 5.82 Å². The SMILES string of the molecule is C.Cc1ccc(-c2cc3c(C)nnc(N4CCC(CCC(=O)NCCN(C)C)CC4)c3[nH]2)cc1. The highest BCUT2D eigenvalue weighted by molar-refractivity contribution is 5.94. The Balaban J connectivity index is 0.00000324. The van der Waals surface area contributed by atoms with Gasteiger partial charge in [-0.1, -0.05) is 37.3 Å². The molecule has 0 spiro atoms. The van der Waals surface area contributed by atoms with Crippen LogP contribution in [0.3, 0.4) is 0 Å². The molecule has 1 aliphatic rings. The van der Waals surface area contributed by atoms with Crippen molar-refractivity contribution < 1.29 is 4.79 Å². The smallest absolute Gasteiger partial charge is 0.220 e. The Kier molecular flexibility index (Phi) is 8.67. The zero-order valence-electron chi connectivity index (χ0n) is 20.3. The summed E-state index contributed by atoms with van der Waals surface area (Å²) >= 11 is 0. The van der Waals surface area contributed by atoms with Crippen LogP contribution in [0.2, 0.25) is 0 Å². The number of fused-ring (bicyclic) bond motifs is 1. The molecule has 7 nitrogen and oxygen atoms in total. The molecule has 2 aromatic heterocycles. The highest BCUT2D eigenvalue weighted by Crippen LogP contribution is 2.33. The van der Waals surface area contributed by atoms with Crippen LogP contribution < -0.4 is 10.2 Å². The molecule has 184 valence electrons. The lowest BCUT2D eigenvalue weighted by Gasteiger charge is -2.32. The van der Waals surface area contributed by atoms with Gasteiger partial charge >= 0.3 is 0 Å². The van der Waals surface area contributed by atoms with Crippen LogP contribution >= 0.6 is 0 Å². The average Bonchev–Trinajstić information content (AvgIpc) is 3.25. The molecule has 0 atom stereocenters. The van der Waals surface area contributed by atoms with Gasteiger partial charge in [0.25, 0.3) is 0 Å². The first-order valence-corrected chi connectivity index (χ1v) is 12.0. The predicted octanol–water partition coefficient (Wildman–Crippen LogP) is 4.55. The molecule has 1 saturated heterocycles. The maximum Gasteiger partial charge on any atom is 0.220 e. The van der Waals surface area contributed by atoms with Crippen molar-refractivity contribution in [2.45, 2.75) is 47.0 Å². The van der Waals surface area contributed by atoms with Crippen LogP contribution in [0.5, 0.6) is 0 Å². The third-order valence-corrected chi connectivity index (χ3v) is 6.66. The number of carbonyl (C=O) groups is 1. The zero-order chi connectivity index (χ0) is 23.4. The number of nitrogens with zero attached hydrogens (tertiary/aromatic N) is 4. The Morgan fingerprint density at radius 1 is 1.15 bits per heavy atom. The highest BCUT2D eigenvalue weighted by atomic mass is 16.1. The van der Waals surface area contributed by atoms with Crippen LogP contribution in [-0.2, 0) is 4.79 Å². The molecule has 4 rings (SSSR count). The highest BCUT2D eigenvalue weighted by Gasteiger charge is 2.24. The fraction of sp³-hybridized carbons (Fsp3) is 0.519. The summed E-state index contributed by atoms with van der Waals surface area (Å²) in [6.07, 6.45) is 3.72. The van der Waals surface area contributed by atoms with E-state index in [0.29, 0.717) is 18.9 Å². The standard InChI is InChI=1S/C26H36N6O.CH4/c1-18-5-8-21(9-6-18)23-17-22-19(2)29-30-26(25(22)28-23)32-14-11-20(12-15-32)7-10-24(33)27-13-16-31(3)4;/h5-6,8-9,17,20,28H,7,10-16H2,1-4H3,(H,27,33);1H4. The summed E-state index contributed by atoms with van der Waals surface area (Å²) in [7, 11) is 4.03. The monoisotopic (exact) mass is 464 g/mol. The van der Waals surface area contributed by atoms with Gasteiger partial charge in [-0.2, -0.15) is 5.10 Å². The number of nitrogens with one attached hydrogen (secondary N) is 2. The molecular weight excluding hydrogens is 424 g/mol. The largest absolute Gasteiger partial charge is 0.355 e. The summed E-state index contributed by atoms with van der Waals surface area (Å²) in [5, 5.41) is 13.2. The molecule has 0 saturated carbocycles. The van der Waals surface area contributed by atoms with E-state index in [1.54, 1.807) is 0 Å². The van der Waals surface area contributed by atoms with E-state index in [4.69, 9.17) is 0 Å². The molecular formula is C27H40N6O. The Bertz CT molecular complexity index is 1080. The molecule has 3 heterocycles. The van der Waals surface area contributed by atoms with Crippen molar-refractivity contribution in [2.24, 2.45) is 5.92 Å². The van der Waals surface area contributed by atoms with Gasteiger partial charge in [-0.3, -0.25) is 4.79 Å². The van der Waals surface area contributed by atoms with Crippen LogP contribution in [0.15, 0.2) is 30.3 Å². The predicted molar refractivity (Wildman–Crippen MR) is 141 cm³/mol. The number of anilines is 1. The number of piperidine rings is 1. The number of hydrogen-bond acceptors (Lipinski definition) is 5. The number of hydrogen-bond donors (Lipinski definition) is 2. The van der Waals surface area contributed by atoms with Crippen LogP contribution in [-0.4, -0.2) is 66.3 Å². The maximum absolute atomic E-state index is 12.1. The normalized spacial score (nSPS) is 14.4. The molecule has 1 aromatic carbocycles. The fourth-order valence-corrected chi connectivity index (χ4v) is 4.53. The fourth-order valence-electron chi connectivity index (χ4n) is 4.53. The minimum absolute atomic E-state index is 0. The zero-order valence-corrected chi connectivity index (χ0v) is 20.3. The third kappa shape index (κ3) is 6.14. The van der Waals surface area contributed by atoms with Crippen molar-refractivity contribution in [3.63, 3.8) is 0 Å². The van der Waals surface area contributed by atoms with E-state index < -0.39 is 0 Å². The quantitative estimate of drug-likeness (QED) is 0.511. The van der Waals surface area contributed by atoms with Gasteiger partial charge in [-0.05, 0) is 64.8 Å². The average molecular weight is 465 g/mol. The number of aromatic nitrogens is 3. The number of H-pyrrole nitrogens is 1. The Morgan fingerprint density at radius 3 is 2.53 bits per heavy atom. The maximum atomic E-state index is 12.1. The van der Waals surface area contributed by atoms with Crippen molar-refractivity contribution in [2.75, 3.05) is 45.2 Å². The lowest BCUT2D eigenvalue weighted by molar-refractivity contribution is -0.121. The lowest BCUT2D eigenvalue weighted by atomic mass is 9.92. The van der Waals surface area contributed by atoms with Gasteiger partial charge in [0.05, 0.1) is 11.2 Å². The number of carbonyl (C=O) groups excluding carboxylic acids is 1. The molecule has 0 bridgehead atoms. The molecule has 0 radical (unpaired) electrons. The molecule has 3 aromatic rings. The first-order chi connectivity index (χ1) is 15.9. The van der Waals surface area contributed by atoms with E-state index in [0.717, 1.165) is 67.0 Å². The molecule has 0 unspecified atom stereocenters. The molecule has 1 fully saturated rings. The van der Waals surface area contributed by atoms with E-state index >= 15 is 0 Å². The molecule has 0 aliphatic carbocycles. The van der Waals surface area contributed by atoms with Crippen molar-refractivity contribution in [3.8, 4) is 11.3 Å². The summed E-state index contributed by atoms with van der Waals surface area (Å²) in [5.41, 5.74) is 5.53. The van der Waals surface area contributed by atoms with Gasteiger partial charge in [-0.15, -0.1) is 5.10 Å². The molecule has 34 heavy (non-hydrogen) atoms. The second-order valence-corrected chi connectivity index (χ2v) is 9.57. The van der Waals surface area contributed by atoms with Crippen molar-refractivity contribution in [1.82, 2.24) is 25.4 Å².